The molecule has 4 nitrogen and oxygen atoms in total. The van der Waals surface area contributed by atoms with E-state index in [1.165, 1.54) is 0 Å². The zero-order chi connectivity index (χ0) is 12.1. The van der Waals surface area contributed by atoms with Gasteiger partial charge in [0.2, 0.25) is 0 Å². The van der Waals surface area contributed by atoms with Gasteiger partial charge in [-0.2, -0.15) is 0 Å². The first kappa shape index (κ1) is 12.8. The summed E-state index contributed by atoms with van der Waals surface area (Å²) in [5.74, 6) is -0.512. The first-order valence-corrected chi connectivity index (χ1v) is 5.34. The highest BCUT2D eigenvalue weighted by molar-refractivity contribution is 6.30. The standard InChI is InChI=1S/C11H14ClNO3/c1-2-9(11(14)15)16-10-4-3-8(12)5-7(10)6-13/h3-5,9H,2,6,13H2,1H3,(H,14,15). The van der Waals surface area contributed by atoms with Gasteiger partial charge >= 0.3 is 5.97 Å². The van der Waals surface area contributed by atoms with Crippen molar-refractivity contribution in [2.75, 3.05) is 0 Å². The van der Waals surface area contributed by atoms with E-state index in [1.807, 2.05) is 0 Å². The minimum atomic E-state index is -0.986. The Balaban J connectivity index is 2.91. The molecule has 1 aromatic rings. The number of carboxylic acids is 1. The molecule has 0 aliphatic rings. The number of nitrogens with two attached hydrogens (primary N) is 1. The van der Waals surface area contributed by atoms with Gasteiger partial charge in [-0.3, -0.25) is 0 Å². The van der Waals surface area contributed by atoms with Crippen LogP contribution >= 0.6 is 11.6 Å². The molecule has 5 heteroatoms. The van der Waals surface area contributed by atoms with Crippen molar-refractivity contribution in [2.24, 2.45) is 5.73 Å². The molecule has 1 aromatic carbocycles. The molecule has 88 valence electrons. The average molecular weight is 244 g/mol. The Morgan fingerprint density at radius 2 is 2.31 bits per heavy atom. The van der Waals surface area contributed by atoms with Crippen molar-refractivity contribution in [1.82, 2.24) is 0 Å². The number of carboxylic acid groups (broad SMARTS) is 1. The number of benzene rings is 1. The van der Waals surface area contributed by atoms with Crippen LogP contribution in [0.5, 0.6) is 5.75 Å². The van der Waals surface area contributed by atoms with Gasteiger partial charge in [0.15, 0.2) is 6.10 Å². The van der Waals surface area contributed by atoms with Gasteiger partial charge in [0.25, 0.3) is 0 Å². The van der Waals surface area contributed by atoms with E-state index < -0.39 is 12.1 Å². The van der Waals surface area contributed by atoms with Crippen molar-refractivity contribution in [3.63, 3.8) is 0 Å². The summed E-state index contributed by atoms with van der Waals surface area (Å²) in [6, 6.07) is 4.95. The second-order valence-electron chi connectivity index (χ2n) is 3.31. The zero-order valence-electron chi connectivity index (χ0n) is 8.94. The smallest absolute Gasteiger partial charge is 0.344 e. The van der Waals surface area contributed by atoms with E-state index in [0.29, 0.717) is 22.8 Å². The molecule has 0 aliphatic carbocycles. The fourth-order valence-corrected chi connectivity index (χ4v) is 1.48. The number of rotatable bonds is 5. The lowest BCUT2D eigenvalue weighted by Gasteiger charge is -2.15. The van der Waals surface area contributed by atoms with Crippen LogP contribution in [-0.4, -0.2) is 17.2 Å². The van der Waals surface area contributed by atoms with Crippen LogP contribution in [0.2, 0.25) is 5.02 Å². The largest absolute Gasteiger partial charge is 0.479 e. The average Bonchev–Trinajstić information content (AvgIpc) is 2.26. The Morgan fingerprint density at radius 1 is 1.62 bits per heavy atom. The van der Waals surface area contributed by atoms with E-state index in [2.05, 4.69) is 0 Å². The Hall–Kier alpha value is -1.26. The third-order valence-electron chi connectivity index (χ3n) is 2.16. The molecule has 0 aromatic heterocycles. The Labute approximate surface area is 99.0 Å². The number of ether oxygens (including phenoxy) is 1. The number of hydrogen-bond acceptors (Lipinski definition) is 3. The molecular weight excluding hydrogens is 230 g/mol. The van der Waals surface area contributed by atoms with Crippen molar-refractivity contribution in [3.05, 3.63) is 28.8 Å². The number of halogens is 1. The fourth-order valence-electron chi connectivity index (χ4n) is 1.28. The lowest BCUT2D eigenvalue weighted by atomic mass is 10.2. The molecule has 16 heavy (non-hydrogen) atoms. The van der Waals surface area contributed by atoms with Gasteiger partial charge in [-0.25, -0.2) is 4.79 Å². The summed E-state index contributed by atoms with van der Waals surface area (Å²) in [4.78, 5) is 10.8. The normalized spacial score (nSPS) is 12.2. The van der Waals surface area contributed by atoms with Gasteiger partial charge in [-0.15, -0.1) is 0 Å². The fraction of sp³-hybridized carbons (Fsp3) is 0.364. The summed E-state index contributed by atoms with van der Waals surface area (Å²) in [6.07, 6.45) is -0.464. The first-order valence-electron chi connectivity index (χ1n) is 4.96. The van der Waals surface area contributed by atoms with Crippen molar-refractivity contribution in [1.29, 1.82) is 0 Å². The van der Waals surface area contributed by atoms with Gasteiger partial charge in [0, 0.05) is 17.1 Å². The first-order chi connectivity index (χ1) is 7.58. The molecule has 0 aliphatic heterocycles. The second-order valence-corrected chi connectivity index (χ2v) is 3.75. The van der Waals surface area contributed by atoms with Crippen LogP contribution in [0, 0.1) is 0 Å². The molecule has 0 saturated heterocycles. The van der Waals surface area contributed by atoms with Crippen LogP contribution in [0.25, 0.3) is 0 Å². The summed E-state index contributed by atoms with van der Waals surface area (Å²) < 4.78 is 5.36. The lowest BCUT2D eigenvalue weighted by Crippen LogP contribution is -2.26. The van der Waals surface area contributed by atoms with E-state index >= 15 is 0 Å². The van der Waals surface area contributed by atoms with Crippen molar-refractivity contribution >= 4 is 17.6 Å². The molecule has 1 atom stereocenters. The van der Waals surface area contributed by atoms with Crippen LogP contribution in [0.3, 0.4) is 0 Å². The number of aliphatic carboxylic acids is 1. The minimum absolute atomic E-state index is 0.256. The van der Waals surface area contributed by atoms with E-state index in [-0.39, 0.29) is 6.54 Å². The summed E-state index contributed by atoms with van der Waals surface area (Å²) in [6.45, 7) is 2.00. The maximum atomic E-state index is 10.8. The topological polar surface area (TPSA) is 72.5 Å². The highest BCUT2D eigenvalue weighted by Crippen LogP contribution is 2.24. The summed E-state index contributed by atoms with van der Waals surface area (Å²) in [5, 5.41) is 9.42. The van der Waals surface area contributed by atoms with Crippen LogP contribution in [0.15, 0.2) is 18.2 Å². The third-order valence-corrected chi connectivity index (χ3v) is 2.39. The monoisotopic (exact) mass is 243 g/mol. The molecule has 0 radical (unpaired) electrons. The van der Waals surface area contributed by atoms with E-state index in [1.54, 1.807) is 25.1 Å². The van der Waals surface area contributed by atoms with Crippen molar-refractivity contribution < 1.29 is 14.6 Å². The third kappa shape index (κ3) is 3.12. The summed E-state index contributed by atoms with van der Waals surface area (Å²) in [7, 11) is 0. The van der Waals surface area contributed by atoms with E-state index in [9.17, 15) is 4.79 Å². The van der Waals surface area contributed by atoms with Crippen molar-refractivity contribution in [2.45, 2.75) is 26.0 Å². The van der Waals surface area contributed by atoms with Crippen LogP contribution in [-0.2, 0) is 11.3 Å². The molecule has 0 amide bonds. The lowest BCUT2D eigenvalue weighted by molar-refractivity contribution is -0.145. The van der Waals surface area contributed by atoms with E-state index in [0.717, 1.165) is 0 Å². The minimum Gasteiger partial charge on any atom is -0.479 e. The molecule has 3 N–H and O–H groups in total. The highest BCUT2D eigenvalue weighted by Gasteiger charge is 2.18. The predicted molar refractivity (Wildman–Crippen MR) is 61.7 cm³/mol. The van der Waals surface area contributed by atoms with Gasteiger partial charge in [-0.05, 0) is 24.6 Å². The summed E-state index contributed by atoms with van der Waals surface area (Å²) >= 11 is 5.80. The molecule has 0 bridgehead atoms. The highest BCUT2D eigenvalue weighted by atomic mass is 35.5. The van der Waals surface area contributed by atoms with Gasteiger partial charge in [0.05, 0.1) is 0 Å². The maximum Gasteiger partial charge on any atom is 0.344 e. The predicted octanol–water partition coefficient (Wildman–Crippen LogP) is 2.04. The molecule has 0 fully saturated rings. The maximum absolute atomic E-state index is 10.8. The molecule has 1 unspecified atom stereocenters. The molecule has 1 rings (SSSR count). The zero-order valence-corrected chi connectivity index (χ0v) is 9.70. The van der Waals surface area contributed by atoms with Crippen LogP contribution in [0.1, 0.15) is 18.9 Å². The number of carbonyl (C=O) groups is 1. The Bertz CT molecular complexity index is 381. The SMILES string of the molecule is CCC(Oc1ccc(Cl)cc1CN)C(=O)O. The van der Waals surface area contributed by atoms with Crippen LogP contribution < -0.4 is 10.5 Å². The Kier molecular flexibility index (Phi) is 4.58. The van der Waals surface area contributed by atoms with E-state index in [4.69, 9.17) is 27.2 Å². The van der Waals surface area contributed by atoms with Gasteiger partial charge in [-0.1, -0.05) is 18.5 Å². The second kappa shape index (κ2) is 5.72. The van der Waals surface area contributed by atoms with Crippen LogP contribution in [0.4, 0.5) is 0 Å². The Morgan fingerprint density at radius 3 is 2.81 bits per heavy atom. The molecular formula is C11H14ClNO3. The quantitative estimate of drug-likeness (QED) is 0.830. The molecule has 0 spiro atoms. The molecule has 0 heterocycles. The van der Waals surface area contributed by atoms with Gasteiger partial charge < -0.3 is 15.6 Å². The van der Waals surface area contributed by atoms with Crippen molar-refractivity contribution in [3.8, 4) is 5.75 Å². The molecule has 0 saturated carbocycles. The number of hydrogen-bond donors (Lipinski definition) is 2. The van der Waals surface area contributed by atoms with Gasteiger partial charge in [0.1, 0.15) is 5.75 Å². The summed E-state index contributed by atoms with van der Waals surface area (Å²) in [5.41, 5.74) is 6.23.